The van der Waals surface area contributed by atoms with Gasteiger partial charge in [0.15, 0.2) is 0 Å². The van der Waals surface area contributed by atoms with Crippen molar-refractivity contribution in [2.24, 2.45) is 0 Å². The molecule has 0 amide bonds. The molecule has 2 rings (SSSR count). The van der Waals surface area contributed by atoms with Crippen LogP contribution in [0.2, 0.25) is 0 Å². The summed E-state index contributed by atoms with van der Waals surface area (Å²) in [5.41, 5.74) is 1.95. The van der Waals surface area contributed by atoms with Crippen LogP contribution >= 0.6 is 11.3 Å². The number of nitrogens with one attached hydrogen (secondary N) is 1. The fourth-order valence-corrected chi connectivity index (χ4v) is 2.02. The molecule has 0 radical (unpaired) electrons. The summed E-state index contributed by atoms with van der Waals surface area (Å²) in [7, 11) is 0. The second-order valence-corrected chi connectivity index (χ2v) is 3.74. The molecule has 0 unspecified atom stereocenters. The van der Waals surface area contributed by atoms with Gasteiger partial charge in [-0.2, -0.15) is 0 Å². The number of aliphatic hydroxyl groups excluding tert-OH is 1. The van der Waals surface area contributed by atoms with Crippen LogP contribution < -0.4 is 0 Å². The summed E-state index contributed by atoms with van der Waals surface area (Å²) < 4.78 is 0. The maximum Gasteiger partial charge on any atom is 0.132 e. The third kappa shape index (κ3) is 1.50. The van der Waals surface area contributed by atoms with Crippen molar-refractivity contribution in [3.05, 3.63) is 29.0 Å². The highest BCUT2D eigenvalue weighted by Crippen LogP contribution is 2.25. The number of thiophene rings is 1. The van der Waals surface area contributed by atoms with Crippen LogP contribution in [0, 0.1) is 6.92 Å². The minimum Gasteiger partial charge on any atom is -0.388 e. The highest BCUT2D eigenvalue weighted by atomic mass is 32.1. The van der Waals surface area contributed by atoms with Crippen LogP contribution in [-0.4, -0.2) is 15.1 Å². The average Bonchev–Trinajstić information content (AvgIpc) is 2.72. The standard InChI is InChI=1S/C9H10N2OS/c1-6-9(7-3-2-4-13-7)11-8(5-12)10-6/h2-4,12H,5H2,1H3,(H,10,11). The van der Waals surface area contributed by atoms with Crippen LogP contribution in [0.5, 0.6) is 0 Å². The summed E-state index contributed by atoms with van der Waals surface area (Å²) in [5, 5.41) is 10.9. The topological polar surface area (TPSA) is 48.9 Å². The van der Waals surface area contributed by atoms with E-state index in [4.69, 9.17) is 5.11 Å². The van der Waals surface area contributed by atoms with E-state index in [0.717, 1.165) is 16.3 Å². The van der Waals surface area contributed by atoms with Crippen molar-refractivity contribution in [1.29, 1.82) is 0 Å². The average molecular weight is 194 g/mol. The van der Waals surface area contributed by atoms with Gasteiger partial charge in [0.1, 0.15) is 18.1 Å². The molecule has 0 bridgehead atoms. The molecule has 4 heteroatoms. The smallest absolute Gasteiger partial charge is 0.132 e. The van der Waals surface area contributed by atoms with Gasteiger partial charge in [0.25, 0.3) is 0 Å². The lowest BCUT2D eigenvalue weighted by Gasteiger charge is -1.90. The van der Waals surface area contributed by atoms with Gasteiger partial charge in [0.05, 0.1) is 4.88 Å². The van der Waals surface area contributed by atoms with E-state index in [9.17, 15) is 0 Å². The van der Waals surface area contributed by atoms with Crippen LogP contribution in [0.4, 0.5) is 0 Å². The zero-order valence-electron chi connectivity index (χ0n) is 7.24. The lowest BCUT2D eigenvalue weighted by molar-refractivity contribution is 0.272. The van der Waals surface area contributed by atoms with E-state index in [1.165, 1.54) is 0 Å². The van der Waals surface area contributed by atoms with Crippen molar-refractivity contribution in [2.45, 2.75) is 13.5 Å². The lowest BCUT2D eigenvalue weighted by atomic mass is 10.3. The molecule has 0 saturated carbocycles. The summed E-state index contributed by atoms with van der Waals surface area (Å²) in [5.74, 6) is 0.626. The monoisotopic (exact) mass is 194 g/mol. The molecule has 0 aliphatic rings. The molecule has 0 atom stereocenters. The third-order valence-corrected chi connectivity index (χ3v) is 2.71. The first-order chi connectivity index (χ1) is 6.31. The first-order valence-corrected chi connectivity index (χ1v) is 4.89. The first kappa shape index (κ1) is 8.47. The number of rotatable bonds is 2. The molecule has 0 aliphatic heterocycles. The summed E-state index contributed by atoms with van der Waals surface area (Å²) in [6.07, 6.45) is 0. The number of H-pyrrole nitrogens is 1. The number of aromatic nitrogens is 2. The van der Waals surface area contributed by atoms with Crippen LogP contribution in [-0.2, 0) is 6.61 Å². The molecule has 68 valence electrons. The van der Waals surface area contributed by atoms with Gasteiger partial charge < -0.3 is 10.1 Å². The maximum absolute atomic E-state index is 8.88. The first-order valence-electron chi connectivity index (χ1n) is 4.01. The Balaban J connectivity index is 2.46. The molecule has 0 aromatic carbocycles. The number of aromatic amines is 1. The Kier molecular flexibility index (Phi) is 2.16. The summed E-state index contributed by atoms with van der Waals surface area (Å²) in [4.78, 5) is 8.44. The number of nitrogens with zero attached hydrogens (tertiary/aromatic N) is 1. The van der Waals surface area contributed by atoms with E-state index >= 15 is 0 Å². The number of hydrogen-bond acceptors (Lipinski definition) is 3. The van der Waals surface area contributed by atoms with Crippen molar-refractivity contribution in [3.63, 3.8) is 0 Å². The zero-order chi connectivity index (χ0) is 9.26. The molecule has 0 saturated heterocycles. The van der Waals surface area contributed by atoms with E-state index in [-0.39, 0.29) is 6.61 Å². The largest absolute Gasteiger partial charge is 0.388 e. The quantitative estimate of drug-likeness (QED) is 0.767. The van der Waals surface area contributed by atoms with Crippen LogP contribution in [0.1, 0.15) is 11.5 Å². The predicted molar refractivity (Wildman–Crippen MR) is 52.6 cm³/mol. The SMILES string of the molecule is Cc1[nH]c(CO)nc1-c1cccs1. The van der Waals surface area contributed by atoms with Crippen LogP contribution in [0.15, 0.2) is 17.5 Å². The Bertz CT molecular complexity index is 392. The highest BCUT2D eigenvalue weighted by Gasteiger charge is 2.08. The predicted octanol–water partition coefficient (Wildman–Crippen LogP) is 1.94. The molecule has 3 nitrogen and oxygen atoms in total. The normalized spacial score (nSPS) is 10.6. The van der Waals surface area contributed by atoms with Gasteiger partial charge in [-0.25, -0.2) is 4.98 Å². The van der Waals surface area contributed by atoms with Gasteiger partial charge in [-0.05, 0) is 18.4 Å². The van der Waals surface area contributed by atoms with Crippen LogP contribution in [0.25, 0.3) is 10.6 Å². The van der Waals surface area contributed by atoms with Crippen molar-refractivity contribution in [1.82, 2.24) is 9.97 Å². The zero-order valence-corrected chi connectivity index (χ0v) is 8.06. The Hall–Kier alpha value is -1.13. The molecular weight excluding hydrogens is 184 g/mol. The minimum absolute atomic E-state index is 0.0355. The minimum atomic E-state index is -0.0355. The second kappa shape index (κ2) is 3.32. The Morgan fingerprint density at radius 3 is 3.00 bits per heavy atom. The number of aliphatic hydroxyl groups is 1. The van der Waals surface area contributed by atoms with Gasteiger partial charge in [-0.15, -0.1) is 11.3 Å². The van der Waals surface area contributed by atoms with E-state index < -0.39 is 0 Å². The van der Waals surface area contributed by atoms with Gasteiger partial charge in [0, 0.05) is 5.69 Å². The van der Waals surface area contributed by atoms with E-state index in [1.807, 2.05) is 24.4 Å². The molecular formula is C9H10N2OS. The third-order valence-electron chi connectivity index (χ3n) is 1.84. The maximum atomic E-state index is 8.88. The summed E-state index contributed by atoms with van der Waals surface area (Å²) in [6.45, 7) is 1.92. The van der Waals surface area contributed by atoms with Crippen molar-refractivity contribution in [2.75, 3.05) is 0 Å². The Morgan fingerprint density at radius 2 is 2.46 bits per heavy atom. The molecule has 13 heavy (non-hydrogen) atoms. The summed E-state index contributed by atoms with van der Waals surface area (Å²) >= 11 is 1.65. The fraction of sp³-hybridized carbons (Fsp3) is 0.222. The number of aryl methyl sites for hydroxylation is 1. The molecule has 0 aliphatic carbocycles. The molecule has 2 aromatic heterocycles. The number of imidazole rings is 1. The molecule has 2 aromatic rings. The van der Waals surface area contributed by atoms with Gasteiger partial charge in [-0.1, -0.05) is 6.07 Å². The van der Waals surface area contributed by atoms with E-state index in [0.29, 0.717) is 5.82 Å². The van der Waals surface area contributed by atoms with Gasteiger partial charge in [-0.3, -0.25) is 0 Å². The second-order valence-electron chi connectivity index (χ2n) is 2.79. The van der Waals surface area contributed by atoms with Gasteiger partial charge >= 0.3 is 0 Å². The molecule has 2 N–H and O–H groups in total. The van der Waals surface area contributed by atoms with E-state index in [2.05, 4.69) is 9.97 Å². The molecule has 0 spiro atoms. The van der Waals surface area contributed by atoms with Crippen molar-refractivity contribution < 1.29 is 5.11 Å². The van der Waals surface area contributed by atoms with Gasteiger partial charge in [0.2, 0.25) is 0 Å². The lowest BCUT2D eigenvalue weighted by Crippen LogP contribution is -1.84. The van der Waals surface area contributed by atoms with E-state index in [1.54, 1.807) is 11.3 Å². The highest BCUT2D eigenvalue weighted by molar-refractivity contribution is 7.13. The van der Waals surface area contributed by atoms with Crippen LogP contribution in [0.3, 0.4) is 0 Å². The van der Waals surface area contributed by atoms with Crippen molar-refractivity contribution >= 4 is 11.3 Å². The number of hydrogen-bond donors (Lipinski definition) is 2. The molecule has 0 fully saturated rings. The Morgan fingerprint density at radius 1 is 1.62 bits per heavy atom. The van der Waals surface area contributed by atoms with Crippen molar-refractivity contribution in [3.8, 4) is 10.6 Å². The Labute approximate surface area is 80.1 Å². The fourth-order valence-electron chi connectivity index (χ4n) is 1.25. The summed E-state index contributed by atoms with van der Waals surface area (Å²) in [6, 6.07) is 4.02. The molecule has 2 heterocycles.